The second-order valence-corrected chi connectivity index (χ2v) is 5.27. The number of nitrogens with one attached hydrogen (secondary N) is 2. The number of Topliss-reactive ketones (excluding diaryl/α,β-unsaturated/α-hetero) is 1. The summed E-state index contributed by atoms with van der Waals surface area (Å²) in [4.78, 5) is 35.4. The average Bonchev–Trinajstić information content (AvgIpc) is 2.52. The number of carbonyl (C=O) groups excluding carboxylic acids is 3. The van der Waals surface area contributed by atoms with Gasteiger partial charge in [0.1, 0.15) is 12.4 Å². The molecule has 2 rings (SSSR count). The van der Waals surface area contributed by atoms with Crippen LogP contribution in [0.5, 0.6) is 5.75 Å². The number of hydrogen-bond acceptors (Lipinski definition) is 5. The maximum atomic E-state index is 12.1. The Kier molecular flexibility index (Phi) is 5.57. The molecule has 2 N–H and O–H groups in total. The lowest BCUT2D eigenvalue weighted by molar-refractivity contribution is -0.139. The Morgan fingerprint density at radius 2 is 1.96 bits per heavy atom. The molecule has 1 heterocycles. The van der Waals surface area contributed by atoms with Gasteiger partial charge in [0.15, 0.2) is 5.78 Å². The van der Waals surface area contributed by atoms with Gasteiger partial charge in [0.2, 0.25) is 0 Å². The number of amides is 2. The molecule has 7 heteroatoms. The van der Waals surface area contributed by atoms with Crippen LogP contribution in [0.2, 0.25) is 0 Å². The first-order valence-corrected chi connectivity index (χ1v) is 7.64. The molecular formula is C17H20N2O5. The van der Waals surface area contributed by atoms with Gasteiger partial charge in [-0.1, -0.05) is 12.1 Å². The molecular weight excluding hydrogens is 312 g/mol. The van der Waals surface area contributed by atoms with E-state index in [2.05, 4.69) is 10.6 Å². The number of ketones is 1. The number of para-hydroxylation sites is 1. The molecule has 0 fully saturated rings. The smallest absolute Gasteiger partial charge is 0.338 e. The zero-order chi connectivity index (χ0) is 17.7. The first-order chi connectivity index (χ1) is 11.4. The third kappa shape index (κ3) is 3.92. The van der Waals surface area contributed by atoms with E-state index in [-0.39, 0.29) is 19.0 Å². The van der Waals surface area contributed by atoms with Crippen molar-refractivity contribution in [3.8, 4) is 5.75 Å². The molecule has 0 radical (unpaired) electrons. The van der Waals surface area contributed by atoms with Gasteiger partial charge >= 0.3 is 12.0 Å². The van der Waals surface area contributed by atoms with Crippen molar-refractivity contribution in [1.29, 1.82) is 0 Å². The Labute approximate surface area is 140 Å². The van der Waals surface area contributed by atoms with Crippen LogP contribution >= 0.6 is 0 Å². The van der Waals surface area contributed by atoms with Crippen LogP contribution in [-0.2, 0) is 9.53 Å². The Morgan fingerprint density at radius 1 is 1.25 bits per heavy atom. The summed E-state index contributed by atoms with van der Waals surface area (Å²) < 4.78 is 10.7. The molecule has 0 aliphatic carbocycles. The summed E-state index contributed by atoms with van der Waals surface area (Å²) in [5.74, 6) is -0.259. The maximum Gasteiger partial charge on any atom is 0.338 e. The van der Waals surface area contributed by atoms with Crippen molar-refractivity contribution in [2.24, 2.45) is 0 Å². The van der Waals surface area contributed by atoms with Gasteiger partial charge in [0.05, 0.1) is 29.5 Å². The maximum absolute atomic E-state index is 12.1. The van der Waals surface area contributed by atoms with Gasteiger partial charge in [0, 0.05) is 0 Å². The average molecular weight is 332 g/mol. The topological polar surface area (TPSA) is 93.7 Å². The summed E-state index contributed by atoms with van der Waals surface area (Å²) in [6.45, 7) is 5.01. The van der Waals surface area contributed by atoms with Gasteiger partial charge in [-0.05, 0) is 32.9 Å². The van der Waals surface area contributed by atoms with Gasteiger partial charge in [-0.25, -0.2) is 9.59 Å². The lowest BCUT2D eigenvalue weighted by atomic mass is 10.0. The van der Waals surface area contributed by atoms with Crippen molar-refractivity contribution < 1.29 is 23.9 Å². The number of benzene rings is 1. The standard InChI is InChI=1S/C17H20N2O5/c1-4-23-16(21)15-10(2)18-17(22)19-13(15)9-24-14-8-6-5-7-12(14)11(3)20/h5-8,10H,4,9H2,1-3H3,(H2,18,19,22)/t10-/m1/s1. The van der Waals surface area contributed by atoms with Gasteiger partial charge in [-0.15, -0.1) is 0 Å². The molecule has 0 saturated heterocycles. The molecule has 1 aliphatic heterocycles. The summed E-state index contributed by atoms with van der Waals surface area (Å²) in [6.07, 6.45) is 0. The second kappa shape index (κ2) is 7.63. The number of hydrogen-bond donors (Lipinski definition) is 2. The van der Waals surface area contributed by atoms with Crippen molar-refractivity contribution >= 4 is 17.8 Å². The first-order valence-electron chi connectivity index (χ1n) is 7.64. The van der Waals surface area contributed by atoms with E-state index >= 15 is 0 Å². The minimum atomic E-state index is -0.518. The summed E-state index contributed by atoms with van der Waals surface area (Å²) in [5.41, 5.74) is 1.06. The molecule has 0 spiro atoms. The molecule has 1 aromatic rings. The second-order valence-electron chi connectivity index (χ2n) is 5.27. The normalized spacial score (nSPS) is 17.0. The Bertz CT molecular complexity index is 696. The summed E-state index contributed by atoms with van der Waals surface area (Å²) in [6, 6.07) is 5.87. The Hall–Kier alpha value is -2.83. The molecule has 128 valence electrons. The molecule has 1 aromatic carbocycles. The zero-order valence-electron chi connectivity index (χ0n) is 13.8. The number of rotatable bonds is 6. The fourth-order valence-electron chi connectivity index (χ4n) is 2.43. The Morgan fingerprint density at radius 3 is 2.62 bits per heavy atom. The monoisotopic (exact) mass is 332 g/mol. The molecule has 7 nitrogen and oxygen atoms in total. The van der Waals surface area contributed by atoms with E-state index in [4.69, 9.17) is 9.47 Å². The fraction of sp³-hybridized carbons (Fsp3) is 0.353. The van der Waals surface area contributed by atoms with Crippen LogP contribution < -0.4 is 15.4 Å². The molecule has 0 aromatic heterocycles. The minimum absolute atomic E-state index is 0.0593. The van der Waals surface area contributed by atoms with Crippen LogP contribution in [0, 0.1) is 0 Å². The van der Waals surface area contributed by atoms with Crippen molar-refractivity contribution in [1.82, 2.24) is 10.6 Å². The highest BCUT2D eigenvalue weighted by molar-refractivity contribution is 5.97. The van der Waals surface area contributed by atoms with Crippen molar-refractivity contribution in [3.63, 3.8) is 0 Å². The van der Waals surface area contributed by atoms with E-state index < -0.39 is 18.0 Å². The largest absolute Gasteiger partial charge is 0.487 e. The van der Waals surface area contributed by atoms with Crippen LogP contribution in [0.1, 0.15) is 31.1 Å². The highest BCUT2D eigenvalue weighted by atomic mass is 16.5. The zero-order valence-corrected chi connectivity index (χ0v) is 13.8. The van der Waals surface area contributed by atoms with Crippen LogP contribution in [0.3, 0.4) is 0 Å². The van der Waals surface area contributed by atoms with Crippen LogP contribution in [-0.4, -0.2) is 37.0 Å². The van der Waals surface area contributed by atoms with E-state index in [1.807, 2.05) is 0 Å². The quantitative estimate of drug-likeness (QED) is 0.612. The van der Waals surface area contributed by atoms with Crippen LogP contribution in [0.4, 0.5) is 4.79 Å². The molecule has 0 unspecified atom stereocenters. The highest BCUT2D eigenvalue weighted by Crippen LogP contribution is 2.21. The number of urea groups is 1. The van der Waals surface area contributed by atoms with E-state index in [1.54, 1.807) is 38.1 Å². The van der Waals surface area contributed by atoms with Gasteiger partial charge in [-0.3, -0.25) is 4.79 Å². The number of esters is 1. The summed E-state index contributed by atoms with van der Waals surface area (Å²) >= 11 is 0. The van der Waals surface area contributed by atoms with Crippen molar-refractivity contribution in [3.05, 3.63) is 41.1 Å². The molecule has 2 amide bonds. The highest BCUT2D eigenvalue weighted by Gasteiger charge is 2.30. The first kappa shape index (κ1) is 17.5. The third-order valence-electron chi connectivity index (χ3n) is 3.50. The van der Waals surface area contributed by atoms with Crippen molar-refractivity contribution in [2.75, 3.05) is 13.2 Å². The van der Waals surface area contributed by atoms with Gasteiger partial charge in [-0.2, -0.15) is 0 Å². The van der Waals surface area contributed by atoms with Crippen LogP contribution in [0.15, 0.2) is 35.5 Å². The fourth-order valence-corrected chi connectivity index (χ4v) is 2.43. The summed E-state index contributed by atoms with van der Waals surface area (Å²) in [7, 11) is 0. The predicted octanol–water partition coefficient (Wildman–Crippen LogP) is 1.79. The SMILES string of the molecule is CCOC(=O)C1=C(COc2ccccc2C(C)=O)NC(=O)N[C@@H]1C. The van der Waals surface area contributed by atoms with E-state index in [1.165, 1.54) is 6.92 Å². The lowest BCUT2D eigenvalue weighted by Gasteiger charge is -2.26. The number of ether oxygens (including phenoxy) is 2. The summed E-state index contributed by atoms with van der Waals surface area (Å²) in [5, 5.41) is 5.18. The number of carbonyl (C=O) groups is 3. The lowest BCUT2D eigenvalue weighted by Crippen LogP contribution is -2.50. The molecule has 0 saturated carbocycles. The van der Waals surface area contributed by atoms with Crippen molar-refractivity contribution in [2.45, 2.75) is 26.8 Å². The van der Waals surface area contributed by atoms with Gasteiger partial charge < -0.3 is 20.1 Å². The molecule has 1 atom stereocenters. The molecule has 1 aliphatic rings. The minimum Gasteiger partial charge on any atom is -0.487 e. The predicted molar refractivity (Wildman–Crippen MR) is 86.7 cm³/mol. The van der Waals surface area contributed by atoms with E-state index in [0.717, 1.165) is 0 Å². The molecule has 0 bridgehead atoms. The van der Waals surface area contributed by atoms with E-state index in [9.17, 15) is 14.4 Å². The third-order valence-corrected chi connectivity index (χ3v) is 3.50. The van der Waals surface area contributed by atoms with E-state index in [0.29, 0.717) is 22.6 Å². The molecule has 24 heavy (non-hydrogen) atoms. The van der Waals surface area contributed by atoms with Gasteiger partial charge in [0.25, 0.3) is 0 Å². The van der Waals surface area contributed by atoms with Crippen LogP contribution in [0.25, 0.3) is 0 Å². The Balaban J connectivity index is 2.27.